The van der Waals surface area contributed by atoms with Crippen molar-refractivity contribution in [3.05, 3.63) is 29.8 Å². The number of anilines is 1. The van der Waals surface area contributed by atoms with Crippen LogP contribution >= 0.6 is 0 Å². The maximum atomic E-state index is 10.2. The molecule has 1 aromatic carbocycles. The zero-order valence-electron chi connectivity index (χ0n) is 6.77. The number of phenols is 1. The van der Waals surface area contributed by atoms with Crippen molar-refractivity contribution < 1.29 is 15.0 Å². The number of nitrogen functional groups attached to an aromatic ring is 1. The molecule has 0 unspecified atom stereocenters. The lowest BCUT2D eigenvalue weighted by molar-refractivity contribution is -0.131. The molecule has 13 heavy (non-hydrogen) atoms. The summed E-state index contributed by atoms with van der Waals surface area (Å²) in [6.07, 6.45) is 2.34. The molecule has 4 nitrogen and oxygen atoms in total. The topological polar surface area (TPSA) is 83.5 Å². The summed E-state index contributed by atoms with van der Waals surface area (Å²) in [4.78, 5) is 10.2. The van der Waals surface area contributed by atoms with Gasteiger partial charge in [-0.25, -0.2) is 4.79 Å². The lowest BCUT2D eigenvalue weighted by atomic mass is 10.2. The molecular weight excluding hydrogens is 170 g/mol. The summed E-state index contributed by atoms with van der Waals surface area (Å²) >= 11 is 0. The summed E-state index contributed by atoms with van der Waals surface area (Å²) in [6, 6.07) is 4.38. The van der Waals surface area contributed by atoms with Crippen molar-refractivity contribution in [1.29, 1.82) is 0 Å². The number of hydrogen-bond acceptors (Lipinski definition) is 3. The smallest absolute Gasteiger partial charge is 0.328 e. The summed E-state index contributed by atoms with van der Waals surface area (Å²) in [5.74, 6) is -1.02. The fourth-order valence-corrected chi connectivity index (χ4v) is 0.923. The van der Waals surface area contributed by atoms with Gasteiger partial charge in [-0.2, -0.15) is 0 Å². The molecule has 0 heterocycles. The first-order valence-corrected chi connectivity index (χ1v) is 3.58. The van der Waals surface area contributed by atoms with E-state index in [4.69, 9.17) is 15.9 Å². The van der Waals surface area contributed by atoms with E-state index in [9.17, 15) is 4.79 Å². The highest BCUT2D eigenvalue weighted by atomic mass is 16.4. The quantitative estimate of drug-likeness (QED) is 0.468. The first-order chi connectivity index (χ1) is 6.08. The van der Waals surface area contributed by atoms with Crippen LogP contribution in [0.25, 0.3) is 6.08 Å². The molecule has 0 aliphatic rings. The van der Waals surface area contributed by atoms with E-state index in [2.05, 4.69) is 0 Å². The fourth-order valence-electron chi connectivity index (χ4n) is 0.923. The Labute approximate surface area is 74.9 Å². The molecule has 0 saturated heterocycles. The Bertz CT molecular complexity index is 338. The summed E-state index contributed by atoms with van der Waals surface area (Å²) < 4.78 is 0. The molecule has 0 aromatic heterocycles. The Morgan fingerprint density at radius 3 is 2.62 bits per heavy atom. The van der Waals surface area contributed by atoms with E-state index < -0.39 is 5.97 Å². The molecular formula is C9H9NO3. The molecule has 0 bridgehead atoms. The van der Waals surface area contributed by atoms with Crippen LogP contribution in [0.3, 0.4) is 0 Å². The third-order valence-electron chi connectivity index (χ3n) is 1.38. The summed E-state index contributed by atoms with van der Waals surface area (Å²) in [5, 5.41) is 17.4. The van der Waals surface area contributed by atoms with Crippen LogP contribution in [-0.2, 0) is 4.79 Å². The number of carbonyl (C=O) groups is 1. The molecule has 4 N–H and O–H groups in total. The van der Waals surface area contributed by atoms with Gasteiger partial charge in [0, 0.05) is 17.8 Å². The van der Waals surface area contributed by atoms with Crippen LogP contribution in [-0.4, -0.2) is 16.2 Å². The minimum atomic E-state index is -1.04. The van der Waals surface area contributed by atoms with Gasteiger partial charge in [0.25, 0.3) is 0 Å². The van der Waals surface area contributed by atoms with Gasteiger partial charge in [-0.3, -0.25) is 0 Å². The second-order valence-electron chi connectivity index (χ2n) is 2.53. The van der Waals surface area contributed by atoms with Crippen molar-refractivity contribution in [3.8, 4) is 5.75 Å². The fraction of sp³-hybridized carbons (Fsp3) is 0. The Hall–Kier alpha value is -1.97. The van der Waals surface area contributed by atoms with Crippen molar-refractivity contribution in [2.75, 3.05) is 5.73 Å². The first-order valence-electron chi connectivity index (χ1n) is 3.58. The van der Waals surface area contributed by atoms with E-state index in [0.29, 0.717) is 11.3 Å². The second-order valence-corrected chi connectivity index (χ2v) is 2.53. The van der Waals surface area contributed by atoms with Crippen molar-refractivity contribution >= 4 is 17.7 Å². The van der Waals surface area contributed by atoms with Crippen LogP contribution in [0.2, 0.25) is 0 Å². The second kappa shape index (κ2) is 3.62. The molecule has 0 fully saturated rings. The Kier molecular flexibility index (Phi) is 2.54. The molecule has 0 aliphatic carbocycles. The number of carboxylic acids is 1. The van der Waals surface area contributed by atoms with E-state index in [0.717, 1.165) is 6.08 Å². The van der Waals surface area contributed by atoms with Gasteiger partial charge in [0.2, 0.25) is 0 Å². The molecule has 1 aromatic rings. The maximum absolute atomic E-state index is 10.2. The average molecular weight is 179 g/mol. The van der Waals surface area contributed by atoms with Crippen LogP contribution in [0.15, 0.2) is 24.3 Å². The number of phenolic OH excluding ortho intramolecular Hbond substituents is 1. The van der Waals surface area contributed by atoms with Crippen molar-refractivity contribution in [1.82, 2.24) is 0 Å². The van der Waals surface area contributed by atoms with Crippen molar-refractivity contribution in [2.24, 2.45) is 0 Å². The van der Waals surface area contributed by atoms with Crippen molar-refractivity contribution in [3.63, 3.8) is 0 Å². The monoisotopic (exact) mass is 179 g/mol. The molecule has 0 aliphatic heterocycles. The Balaban J connectivity index is 2.95. The van der Waals surface area contributed by atoms with Crippen LogP contribution < -0.4 is 5.73 Å². The van der Waals surface area contributed by atoms with E-state index in [-0.39, 0.29) is 5.75 Å². The Morgan fingerprint density at radius 1 is 1.38 bits per heavy atom. The molecule has 0 spiro atoms. The van der Waals surface area contributed by atoms with E-state index in [1.807, 2.05) is 0 Å². The number of nitrogens with two attached hydrogens (primary N) is 1. The number of carboxylic acid groups (broad SMARTS) is 1. The summed E-state index contributed by atoms with van der Waals surface area (Å²) in [6.45, 7) is 0. The van der Waals surface area contributed by atoms with Crippen molar-refractivity contribution in [2.45, 2.75) is 0 Å². The number of hydrogen-bond donors (Lipinski definition) is 3. The molecule has 1 rings (SSSR count). The third kappa shape index (κ3) is 2.86. The van der Waals surface area contributed by atoms with Crippen LogP contribution in [0, 0.1) is 0 Å². The minimum Gasteiger partial charge on any atom is -0.508 e. The van der Waals surface area contributed by atoms with Gasteiger partial charge in [0.1, 0.15) is 5.75 Å². The molecule has 4 heteroatoms. The van der Waals surface area contributed by atoms with E-state index in [1.165, 1.54) is 18.2 Å². The highest BCUT2D eigenvalue weighted by Gasteiger charge is 1.94. The van der Waals surface area contributed by atoms with Gasteiger partial charge >= 0.3 is 5.97 Å². The summed E-state index contributed by atoms with van der Waals surface area (Å²) in [7, 11) is 0. The highest BCUT2D eigenvalue weighted by molar-refractivity contribution is 5.85. The zero-order chi connectivity index (χ0) is 9.84. The lowest BCUT2D eigenvalue weighted by Crippen LogP contribution is -1.87. The maximum Gasteiger partial charge on any atom is 0.328 e. The number of benzene rings is 1. The Morgan fingerprint density at radius 2 is 2.08 bits per heavy atom. The van der Waals surface area contributed by atoms with Gasteiger partial charge < -0.3 is 15.9 Å². The number of aliphatic carboxylic acids is 1. The normalized spacial score (nSPS) is 10.5. The zero-order valence-corrected chi connectivity index (χ0v) is 6.77. The van der Waals surface area contributed by atoms with Crippen LogP contribution in [0.4, 0.5) is 5.69 Å². The molecule has 0 saturated carbocycles. The average Bonchev–Trinajstić information content (AvgIpc) is 1.99. The van der Waals surface area contributed by atoms with Crippen LogP contribution in [0.1, 0.15) is 5.56 Å². The number of rotatable bonds is 2. The van der Waals surface area contributed by atoms with Crippen LogP contribution in [0.5, 0.6) is 5.75 Å². The standard InChI is InChI=1S/C9H9NO3/c10-7-3-6(1-2-9(12)13)4-8(11)5-7/h1-5,11H,10H2,(H,12,13)/b2-1+. The van der Waals surface area contributed by atoms with Gasteiger partial charge in [-0.05, 0) is 23.8 Å². The third-order valence-corrected chi connectivity index (χ3v) is 1.38. The largest absolute Gasteiger partial charge is 0.508 e. The first kappa shape index (κ1) is 9.12. The lowest BCUT2D eigenvalue weighted by Gasteiger charge is -1.97. The molecule has 0 amide bonds. The molecule has 68 valence electrons. The molecule has 0 radical (unpaired) electrons. The highest BCUT2D eigenvalue weighted by Crippen LogP contribution is 2.17. The van der Waals surface area contributed by atoms with Gasteiger partial charge in [0.05, 0.1) is 0 Å². The van der Waals surface area contributed by atoms with Gasteiger partial charge in [-0.15, -0.1) is 0 Å². The predicted molar refractivity (Wildman–Crippen MR) is 49.2 cm³/mol. The van der Waals surface area contributed by atoms with E-state index in [1.54, 1.807) is 6.07 Å². The number of aromatic hydroxyl groups is 1. The van der Waals surface area contributed by atoms with Gasteiger partial charge in [0.15, 0.2) is 0 Å². The van der Waals surface area contributed by atoms with Gasteiger partial charge in [-0.1, -0.05) is 0 Å². The SMILES string of the molecule is Nc1cc(O)cc(/C=C/C(=O)O)c1. The summed E-state index contributed by atoms with van der Waals surface area (Å²) in [5.41, 5.74) is 6.37. The van der Waals surface area contributed by atoms with E-state index >= 15 is 0 Å². The minimum absolute atomic E-state index is 0.0186. The molecule has 0 atom stereocenters. The predicted octanol–water partition coefficient (Wildman–Crippen LogP) is 1.07.